The van der Waals surface area contributed by atoms with Gasteiger partial charge in [-0.25, -0.2) is 0 Å². The Hall–Kier alpha value is -2.37. The van der Waals surface area contributed by atoms with Crippen LogP contribution in [0.1, 0.15) is 19.3 Å². The monoisotopic (exact) mass is 352 g/mol. The van der Waals surface area contributed by atoms with Gasteiger partial charge in [0, 0.05) is 47.5 Å². The Morgan fingerprint density at radius 2 is 1.62 bits per heavy atom. The number of aliphatic hydroxyl groups excluding tert-OH is 1. The minimum atomic E-state index is -0.795. The molecule has 0 spiro atoms. The number of hydrogen-bond donors (Lipinski definition) is 2. The number of benzene rings is 2. The van der Waals surface area contributed by atoms with Crippen molar-refractivity contribution in [1.29, 1.82) is 0 Å². The number of aliphatic hydroxyl groups is 1. The van der Waals surface area contributed by atoms with E-state index in [-0.39, 0.29) is 12.5 Å². The Morgan fingerprint density at radius 3 is 2.23 bits per heavy atom. The second kappa shape index (κ2) is 7.09. The number of para-hydroxylation sites is 2. The van der Waals surface area contributed by atoms with Gasteiger partial charge in [0.1, 0.15) is 0 Å². The highest BCUT2D eigenvalue weighted by Gasteiger charge is 2.31. The number of carboxylic acids is 1. The third kappa shape index (κ3) is 3.20. The number of nitrogens with zero attached hydrogens (tertiary/aromatic N) is 2. The lowest BCUT2D eigenvalue weighted by Crippen LogP contribution is -2.33. The molecule has 4 rings (SSSR count). The van der Waals surface area contributed by atoms with Gasteiger partial charge in [0.15, 0.2) is 0 Å². The van der Waals surface area contributed by atoms with Crippen LogP contribution in [0.15, 0.2) is 48.5 Å². The lowest BCUT2D eigenvalue weighted by molar-refractivity contribution is -0.138. The Balaban J connectivity index is 1.52. The van der Waals surface area contributed by atoms with Gasteiger partial charge in [0.05, 0.1) is 12.5 Å². The van der Waals surface area contributed by atoms with E-state index >= 15 is 0 Å². The van der Waals surface area contributed by atoms with Crippen molar-refractivity contribution < 1.29 is 15.0 Å². The molecule has 1 aromatic heterocycles. The molecule has 1 aliphatic heterocycles. The summed E-state index contributed by atoms with van der Waals surface area (Å²) in [6.07, 6.45) is 1.17. The van der Waals surface area contributed by atoms with Crippen LogP contribution in [0.5, 0.6) is 0 Å². The quantitative estimate of drug-likeness (QED) is 0.715. The van der Waals surface area contributed by atoms with Crippen LogP contribution in [-0.4, -0.2) is 50.9 Å². The molecule has 1 fully saturated rings. The van der Waals surface area contributed by atoms with Crippen LogP contribution in [0.2, 0.25) is 0 Å². The molecule has 26 heavy (non-hydrogen) atoms. The zero-order chi connectivity index (χ0) is 18.1. The predicted octanol–water partition coefficient (Wildman–Crippen LogP) is 3.09. The Labute approximate surface area is 152 Å². The number of β-amino-alcohol motifs (C(OH)–C–C–N with tert-alkyl or cyclic N) is 1. The Bertz CT molecular complexity index is 880. The third-order valence-electron chi connectivity index (χ3n) is 5.42. The lowest BCUT2D eigenvalue weighted by atomic mass is 10.1. The Morgan fingerprint density at radius 1 is 1.00 bits per heavy atom. The van der Waals surface area contributed by atoms with E-state index in [0.29, 0.717) is 13.0 Å². The highest BCUT2D eigenvalue weighted by atomic mass is 16.4. The maximum atomic E-state index is 11.0. The normalized spacial score (nSPS) is 21.0. The predicted molar refractivity (Wildman–Crippen MR) is 102 cm³/mol. The van der Waals surface area contributed by atoms with E-state index in [2.05, 4.69) is 58.0 Å². The number of aromatic nitrogens is 1. The number of carbonyl (C=O) groups is 1. The summed E-state index contributed by atoms with van der Waals surface area (Å²) < 4.78 is 2.35. The fourth-order valence-corrected chi connectivity index (χ4v) is 4.32. The molecule has 3 aromatic rings. The summed E-state index contributed by atoms with van der Waals surface area (Å²) in [6, 6.07) is 16.9. The number of carboxylic acid groups (broad SMARTS) is 1. The molecule has 136 valence electrons. The zero-order valence-electron chi connectivity index (χ0n) is 14.7. The molecule has 5 nitrogen and oxygen atoms in total. The van der Waals surface area contributed by atoms with Gasteiger partial charge in [-0.1, -0.05) is 36.4 Å². The third-order valence-corrected chi connectivity index (χ3v) is 5.42. The average molecular weight is 352 g/mol. The van der Waals surface area contributed by atoms with Gasteiger partial charge in [-0.15, -0.1) is 0 Å². The maximum absolute atomic E-state index is 11.0. The van der Waals surface area contributed by atoms with E-state index < -0.39 is 12.1 Å². The van der Waals surface area contributed by atoms with E-state index in [1.807, 2.05) is 0 Å². The number of rotatable bonds is 6. The van der Waals surface area contributed by atoms with Crippen molar-refractivity contribution in [2.24, 2.45) is 0 Å². The summed E-state index contributed by atoms with van der Waals surface area (Å²) in [5.74, 6) is -0.795. The van der Waals surface area contributed by atoms with Crippen LogP contribution in [0.25, 0.3) is 21.8 Å². The fourth-order valence-electron chi connectivity index (χ4n) is 4.32. The van der Waals surface area contributed by atoms with Gasteiger partial charge in [0.2, 0.25) is 0 Å². The number of likely N-dealkylation sites (tertiary alicyclic amines) is 1. The first-order chi connectivity index (χ1) is 12.6. The summed E-state index contributed by atoms with van der Waals surface area (Å²) in [6.45, 7) is 2.25. The molecule has 0 saturated carbocycles. The van der Waals surface area contributed by atoms with Gasteiger partial charge < -0.3 is 14.8 Å². The molecule has 0 unspecified atom stereocenters. The molecule has 5 heteroatoms. The highest BCUT2D eigenvalue weighted by molar-refractivity contribution is 6.07. The van der Waals surface area contributed by atoms with Gasteiger partial charge >= 0.3 is 5.97 Å². The van der Waals surface area contributed by atoms with E-state index in [0.717, 1.165) is 19.5 Å². The molecule has 2 heterocycles. The molecule has 0 bridgehead atoms. The molecule has 0 amide bonds. The van der Waals surface area contributed by atoms with Crippen molar-refractivity contribution in [3.63, 3.8) is 0 Å². The van der Waals surface area contributed by atoms with E-state index in [1.54, 1.807) is 0 Å². The molecule has 0 aliphatic carbocycles. The smallest absolute Gasteiger partial charge is 0.304 e. The fraction of sp³-hybridized carbons (Fsp3) is 0.381. The van der Waals surface area contributed by atoms with Crippen LogP contribution in [0.4, 0.5) is 0 Å². The second-order valence-corrected chi connectivity index (χ2v) is 7.18. The van der Waals surface area contributed by atoms with Crippen LogP contribution >= 0.6 is 0 Å². The summed E-state index contributed by atoms with van der Waals surface area (Å²) in [4.78, 5) is 13.2. The van der Waals surface area contributed by atoms with Crippen LogP contribution in [0.3, 0.4) is 0 Å². The molecular formula is C21H24N2O3. The summed E-state index contributed by atoms with van der Waals surface area (Å²) in [5, 5.41) is 21.5. The van der Waals surface area contributed by atoms with E-state index in [1.165, 1.54) is 21.8 Å². The number of hydrogen-bond acceptors (Lipinski definition) is 3. The molecule has 1 saturated heterocycles. The molecular weight excluding hydrogens is 328 g/mol. The van der Waals surface area contributed by atoms with E-state index in [9.17, 15) is 9.90 Å². The molecule has 1 aliphatic rings. The molecule has 2 N–H and O–H groups in total. The van der Waals surface area contributed by atoms with Crippen molar-refractivity contribution in [2.75, 3.05) is 13.1 Å². The topological polar surface area (TPSA) is 65.7 Å². The minimum absolute atomic E-state index is 0.0550. The molecule has 2 atom stereocenters. The van der Waals surface area contributed by atoms with Crippen molar-refractivity contribution in [3.8, 4) is 0 Å². The molecule has 2 aromatic carbocycles. The standard InChI is InChI=1S/C21H24N2O3/c24-16-12-15(13-21(25)26)22(14-16)10-5-11-23-19-8-3-1-6-17(19)18-7-2-4-9-20(18)23/h1-4,6-9,15-16,24H,5,10-14H2,(H,25,26)/t15-,16-/m1/s1. The van der Waals surface area contributed by atoms with Gasteiger partial charge in [0.25, 0.3) is 0 Å². The molecule has 0 radical (unpaired) electrons. The van der Waals surface area contributed by atoms with Crippen molar-refractivity contribution in [3.05, 3.63) is 48.5 Å². The lowest BCUT2D eigenvalue weighted by Gasteiger charge is -2.23. The maximum Gasteiger partial charge on any atom is 0.304 e. The summed E-state index contributed by atoms with van der Waals surface area (Å²) in [7, 11) is 0. The van der Waals surface area contributed by atoms with Gasteiger partial charge in [-0.3, -0.25) is 9.69 Å². The highest BCUT2D eigenvalue weighted by Crippen LogP contribution is 2.29. The first-order valence-corrected chi connectivity index (χ1v) is 9.23. The average Bonchev–Trinajstić information content (AvgIpc) is 3.13. The van der Waals surface area contributed by atoms with E-state index in [4.69, 9.17) is 5.11 Å². The Kier molecular flexibility index (Phi) is 4.66. The zero-order valence-corrected chi connectivity index (χ0v) is 14.7. The van der Waals surface area contributed by atoms with Crippen LogP contribution in [0, 0.1) is 0 Å². The minimum Gasteiger partial charge on any atom is -0.481 e. The van der Waals surface area contributed by atoms with Crippen molar-refractivity contribution in [1.82, 2.24) is 9.47 Å². The second-order valence-electron chi connectivity index (χ2n) is 7.18. The first-order valence-electron chi connectivity index (χ1n) is 9.23. The van der Waals surface area contributed by atoms with Crippen molar-refractivity contribution >= 4 is 27.8 Å². The number of fused-ring (bicyclic) bond motifs is 3. The summed E-state index contributed by atoms with van der Waals surface area (Å²) >= 11 is 0. The number of aryl methyl sites for hydroxylation is 1. The first kappa shape index (κ1) is 17.1. The van der Waals surface area contributed by atoms with Gasteiger partial charge in [-0.2, -0.15) is 0 Å². The van der Waals surface area contributed by atoms with Crippen molar-refractivity contribution in [2.45, 2.75) is 38.0 Å². The summed E-state index contributed by atoms with van der Waals surface area (Å²) in [5.41, 5.74) is 2.47. The van der Waals surface area contributed by atoms with Crippen LogP contribution < -0.4 is 0 Å². The SMILES string of the molecule is O=C(O)C[C@H]1C[C@@H](O)CN1CCCn1c2ccccc2c2ccccc21. The largest absolute Gasteiger partial charge is 0.481 e. The number of aliphatic carboxylic acids is 1. The van der Waals surface area contributed by atoms with Crippen LogP contribution in [-0.2, 0) is 11.3 Å². The van der Waals surface area contributed by atoms with Gasteiger partial charge in [-0.05, 0) is 25.0 Å².